The molecule has 0 saturated carbocycles. The maximum atomic E-state index is 12.3. The molecule has 3 fully saturated rings. The van der Waals surface area contributed by atoms with Crippen LogP contribution in [0.3, 0.4) is 0 Å². The Labute approximate surface area is 187 Å². The third-order valence-corrected chi connectivity index (χ3v) is 5.82. The first kappa shape index (κ1) is 26.6. The van der Waals surface area contributed by atoms with Crippen molar-refractivity contribution in [2.75, 3.05) is 13.7 Å². The van der Waals surface area contributed by atoms with Gasteiger partial charge in [0.2, 0.25) is 0 Å². The van der Waals surface area contributed by atoms with Crippen LogP contribution in [0.5, 0.6) is 0 Å². The van der Waals surface area contributed by atoms with E-state index >= 15 is 0 Å². The summed E-state index contributed by atoms with van der Waals surface area (Å²) in [5, 5.41) is 80.4. The molecule has 0 aromatic carbocycles. The van der Waals surface area contributed by atoms with Gasteiger partial charge in [-0.2, -0.15) is 0 Å². The molecule has 0 amide bonds. The number of hydrogen-bond acceptors (Lipinski definition) is 15. The van der Waals surface area contributed by atoms with Gasteiger partial charge in [0.25, 0.3) is 0 Å². The highest BCUT2D eigenvalue weighted by atomic mass is 16.8. The first-order valence-electron chi connectivity index (χ1n) is 10.2. The van der Waals surface area contributed by atoms with E-state index < -0.39 is 98.6 Å². The van der Waals surface area contributed by atoms with Gasteiger partial charge in [0, 0.05) is 0 Å². The highest BCUT2D eigenvalue weighted by Crippen LogP contribution is 2.32. The zero-order valence-corrected chi connectivity index (χ0v) is 17.7. The van der Waals surface area contributed by atoms with Gasteiger partial charge in [-0.05, 0) is 6.92 Å². The number of carbonyl (C=O) groups is 1. The molecule has 0 bridgehead atoms. The Bertz CT molecular complexity index is 665. The lowest BCUT2D eigenvalue weighted by molar-refractivity contribution is -0.372. The van der Waals surface area contributed by atoms with Crippen molar-refractivity contribution in [2.45, 2.75) is 92.9 Å². The summed E-state index contributed by atoms with van der Waals surface area (Å²) >= 11 is 0. The number of hydrogen-bond donors (Lipinski definition) is 8. The average molecular weight is 486 g/mol. The number of aliphatic hydroxyl groups excluding tert-OH is 8. The van der Waals surface area contributed by atoms with Crippen molar-refractivity contribution in [3.8, 4) is 0 Å². The van der Waals surface area contributed by atoms with Gasteiger partial charge >= 0.3 is 5.97 Å². The van der Waals surface area contributed by atoms with Gasteiger partial charge in [-0.15, -0.1) is 0 Å². The van der Waals surface area contributed by atoms with Crippen molar-refractivity contribution in [3.05, 3.63) is 0 Å². The van der Waals surface area contributed by atoms with Gasteiger partial charge in [-0.25, -0.2) is 4.79 Å². The molecule has 192 valence electrons. The highest BCUT2D eigenvalue weighted by molar-refractivity contribution is 5.75. The lowest BCUT2D eigenvalue weighted by Crippen LogP contribution is -2.66. The summed E-state index contributed by atoms with van der Waals surface area (Å²) in [4.78, 5) is 12.3. The smallest absolute Gasteiger partial charge is 0.337 e. The Balaban J connectivity index is 1.87. The van der Waals surface area contributed by atoms with E-state index in [2.05, 4.69) is 4.74 Å². The maximum absolute atomic E-state index is 12.3. The molecular weight excluding hydrogens is 456 g/mol. The van der Waals surface area contributed by atoms with Gasteiger partial charge in [0.15, 0.2) is 25.0 Å². The van der Waals surface area contributed by atoms with Crippen LogP contribution in [0.4, 0.5) is 0 Å². The minimum Gasteiger partial charge on any atom is -0.467 e. The quantitative estimate of drug-likeness (QED) is 0.169. The molecule has 0 radical (unpaired) electrons. The molecule has 0 unspecified atom stereocenters. The molecular formula is C18H30O15. The SMILES string of the molecule is COC(=O)[C@H]1O[C@@H](O)[C@H](O)[C@@H](O[C@@H]2O[C@@H](C)[C@H](O)[C@@H](O)[C@H]2O)[C@@H]1O[C@@H]1OC[C@@H](O)[C@H](O)[C@H]1O. The minimum absolute atomic E-state index is 0.442. The van der Waals surface area contributed by atoms with E-state index in [1.165, 1.54) is 6.92 Å². The third kappa shape index (κ3) is 5.30. The minimum atomic E-state index is -1.99. The Morgan fingerprint density at radius 1 is 0.758 bits per heavy atom. The second-order valence-electron chi connectivity index (χ2n) is 8.09. The summed E-state index contributed by atoms with van der Waals surface area (Å²) in [6.45, 7) is 0.942. The number of ether oxygens (including phenoxy) is 6. The van der Waals surface area contributed by atoms with E-state index in [9.17, 15) is 45.6 Å². The molecule has 3 aliphatic heterocycles. The molecule has 8 N–H and O–H groups in total. The van der Waals surface area contributed by atoms with Gasteiger partial charge in [0.05, 0.1) is 19.8 Å². The van der Waals surface area contributed by atoms with E-state index in [1.807, 2.05) is 0 Å². The molecule has 3 rings (SSSR count). The van der Waals surface area contributed by atoms with Crippen LogP contribution in [0.15, 0.2) is 0 Å². The van der Waals surface area contributed by atoms with Crippen LogP contribution in [0.1, 0.15) is 6.92 Å². The van der Waals surface area contributed by atoms with Crippen molar-refractivity contribution in [2.24, 2.45) is 0 Å². The van der Waals surface area contributed by atoms with Crippen molar-refractivity contribution in [1.82, 2.24) is 0 Å². The van der Waals surface area contributed by atoms with Crippen LogP contribution in [0.2, 0.25) is 0 Å². The molecule has 0 spiro atoms. The molecule has 15 nitrogen and oxygen atoms in total. The summed E-state index contributed by atoms with van der Waals surface area (Å²) in [6, 6.07) is 0. The van der Waals surface area contributed by atoms with E-state index in [0.717, 1.165) is 7.11 Å². The molecule has 14 atom stereocenters. The molecule has 3 saturated heterocycles. The lowest BCUT2D eigenvalue weighted by Gasteiger charge is -2.47. The first-order chi connectivity index (χ1) is 15.5. The second kappa shape index (κ2) is 10.7. The van der Waals surface area contributed by atoms with Crippen molar-refractivity contribution in [1.29, 1.82) is 0 Å². The Kier molecular flexibility index (Phi) is 8.61. The molecule has 3 heterocycles. The fraction of sp³-hybridized carbons (Fsp3) is 0.944. The first-order valence-corrected chi connectivity index (χ1v) is 10.2. The molecule has 3 aliphatic rings. The largest absolute Gasteiger partial charge is 0.467 e. The lowest BCUT2D eigenvalue weighted by atomic mass is 9.96. The van der Waals surface area contributed by atoms with Crippen LogP contribution in [0, 0.1) is 0 Å². The molecule has 0 aliphatic carbocycles. The Morgan fingerprint density at radius 2 is 1.36 bits per heavy atom. The van der Waals surface area contributed by atoms with Crippen LogP contribution < -0.4 is 0 Å². The number of rotatable bonds is 5. The summed E-state index contributed by atoms with van der Waals surface area (Å²) in [6.07, 6.45) is -23.1. The molecule has 0 aromatic heterocycles. The van der Waals surface area contributed by atoms with Crippen LogP contribution in [-0.2, 0) is 33.2 Å². The second-order valence-corrected chi connectivity index (χ2v) is 8.09. The van der Waals surface area contributed by atoms with Crippen LogP contribution in [-0.4, -0.2) is 147 Å². The third-order valence-electron chi connectivity index (χ3n) is 5.82. The van der Waals surface area contributed by atoms with Crippen molar-refractivity contribution in [3.63, 3.8) is 0 Å². The van der Waals surface area contributed by atoms with E-state index in [1.54, 1.807) is 0 Å². The number of esters is 1. The predicted octanol–water partition coefficient (Wildman–Crippen LogP) is -5.73. The van der Waals surface area contributed by atoms with Gasteiger partial charge in [-0.1, -0.05) is 0 Å². The number of aliphatic hydroxyl groups is 8. The summed E-state index contributed by atoms with van der Waals surface area (Å²) < 4.78 is 31.3. The zero-order chi connectivity index (χ0) is 24.6. The van der Waals surface area contributed by atoms with Crippen LogP contribution in [0.25, 0.3) is 0 Å². The van der Waals surface area contributed by atoms with Gasteiger partial charge in [0.1, 0.15) is 54.9 Å². The Hall–Kier alpha value is -1.05. The molecule has 15 heteroatoms. The summed E-state index contributed by atoms with van der Waals surface area (Å²) in [7, 11) is 1.01. The highest BCUT2D eigenvalue weighted by Gasteiger charge is 2.54. The average Bonchev–Trinajstić information content (AvgIpc) is 2.79. The monoisotopic (exact) mass is 486 g/mol. The molecule has 0 aromatic rings. The summed E-state index contributed by atoms with van der Waals surface area (Å²) in [5.74, 6) is -1.07. The fourth-order valence-electron chi connectivity index (χ4n) is 3.78. The Morgan fingerprint density at radius 3 is 2.00 bits per heavy atom. The standard InChI is InChI=1S/C18H30O15/c1-4-6(20)8(22)10(24)18(30-4)32-12-11(25)15(26)31-14(16(27)28-2)13(12)33-17-9(23)7(21)5(19)3-29-17/h4-15,17-26H,3H2,1-2H3/t4-,5+,6-,7-,8+,9+,10+,11+,12+,13-,14-,15+,17-,18-/m0/s1. The summed E-state index contributed by atoms with van der Waals surface area (Å²) in [5.41, 5.74) is 0. The van der Waals surface area contributed by atoms with Gasteiger partial charge < -0.3 is 69.3 Å². The predicted molar refractivity (Wildman–Crippen MR) is 98.8 cm³/mol. The topological polar surface area (TPSA) is 234 Å². The zero-order valence-electron chi connectivity index (χ0n) is 17.7. The van der Waals surface area contributed by atoms with E-state index in [0.29, 0.717) is 0 Å². The normalized spacial score (nSPS) is 51.2. The van der Waals surface area contributed by atoms with E-state index in [-0.39, 0.29) is 0 Å². The maximum Gasteiger partial charge on any atom is 0.337 e. The van der Waals surface area contributed by atoms with Crippen molar-refractivity contribution < 1.29 is 74.1 Å². The van der Waals surface area contributed by atoms with Crippen LogP contribution >= 0.6 is 0 Å². The molecule has 33 heavy (non-hydrogen) atoms. The number of carbonyl (C=O) groups excluding carboxylic acids is 1. The van der Waals surface area contributed by atoms with Crippen molar-refractivity contribution >= 4 is 5.97 Å². The van der Waals surface area contributed by atoms with Gasteiger partial charge in [-0.3, -0.25) is 0 Å². The fourth-order valence-corrected chi connectivity index (χ4v) is 3.78. The number of methoxy groups -OCH3 is 1. The van der Waals surface area contributed by atoms with E-state index in [4.69, 9.17) is 23.7 Å².